The van der Waals surface area contributed by atoms with Crippen LogP contribution < -0.4 is 0 Å². The van der Waals surface area contributed by atoms with Gasteiger partial charge in [0.05, 0.1) is 18.4 Å². The second kappa shape index (κ2) is 10.6. The molecule has 0 spiro atoms. The molecule has 1 N–H and O–H groups in total. The van der Waals surface area contributed by atoms with Gasteiger partial charge in [-0.3, -0.25) is 9.49 Å². The molecule has 1 aromatic heterocycles. The maximum Gasteiger partial charge on any atom is 0.0927 e. The molecule has 1 aliphatic rings. The summed E-state index contributed by atoms with van der Waals surface area (Å²) >= 11 is 0. The molecule has 2 nitrogen and oxygen atoms in total. The zero-order valence-electron chi connectivity index (χ0n) is 13.6. The zero-order valence-corrected chi connectivity index (χ0v) is 13.6. The Hall–Kier alpha value is -2.16. The lowest BCUT2D eigenvalue weighted by Gasteiger charge is -2.00. The number of H-pyrrole nitrogens is 1. The molecule has 22 heavy (non-hydrogen) atoms. The van der Waals surface area contributed by atoms with E-state index in [9.17, 15) is 4.39 Å². The van der Waals surface area contributed by atoms with E-state index in [0.29, 0.717) is 7.18 Å². The monoisotopic (exact) mass is 302 g/mol. The van der Waals surface area contributed by atoms with Crippen molar-refractivity contribution >= 4 is 17.0 Å². The second-order valence-corrected chi connectivity index (χ2v) is 4.88. The summed E-state index contributed by atoms with van der Waals surface area (Å²) in [5, 5.41) is 8.52. The van der Waals surface area contributed by atoms with Crippen molar-refractivity contribution in [2.45, 2.75) is 33.1 Å². The van der Waals surface area contributed by atoms with Crippen LogP contribution in [0.5, 0.6) is 0 Å². The van der Waals surface area contributed by atoms with Crippen molar-refractivity contribution < 1.29 is 5.82 Å². The highest BCUT2D eigenvalue weighted by Crippen LogP contribution is 2.18. The third kappa shape index (κ3) is 5.32. The lowest BCUT2D eigenvalue weighted by molar-refractivity contribution is 0.636. The number of hydrogen-bond acceptors (Lipinski definition) is 1. The molecule has 0 bridgehead atoms. The summed E-state index contributed by atoms with van der Waals surface area (Å²) in [5.41, 5.74) is 3.35. The van der Waals surface area contributed by atoms with E-state index in [-0.39, 0.29) is 1.43 Å². The summed E-state index contributed by atoms with van der Waals surface area (Å²) in [5.74, 6) is 0. The number of rotatable bonds is 2. The van der Waals surface area contributed by atoms with E-state index < -0.39 is 0 Å². The van der Waals surface area contributed by atoms with Crippen molar-refractivity contribution in [2.75, 3.05) is 7.18 Å². The fourth-order valence-corrected chi connectivity index (χ4v) is 2.04. The lowest BCUT2D eigenvalue weighted by atomic mass is 10.1. The molecule has 2 aromatic rings. The number of nitrogens with one attached hydrogen (secondary N) is 1. The first-order valence-electron chi connectivity index (χ1n) is 7.70. The standard InChI is InChI=1S/C15H14N2.C3H8.CH3F.H2/c1-2-6-12(7-3-1)10-11-15-13-8-4-5-9-14(13)16-17-15;1-3-2;1-2;/h2,4-11H,1,3H2,(H,16,17);3H2,1-2H3;1H3;1H/b11-10+;;;. The van der Waals surface area contributed by atoms with E-state index in [1.165, 1.54) is 17.4 Å². The summed E-state index contributed by atoms with van der Waals surface area (Å²) < 4.78 is 9.50. The third-order valence-electron chi connectivity index (χ3n) is 2.96. The number of halogens is 1. The second-order valence-electron chi connectivity index (χ2n) is 4.88. The molecule has 0 saturated heterocycles. The van der Waals surface area contributed by atoms with Crippen LogP contribution in [0.3, 0.4) is 0 Å². The number of para-hydroxylation sites is 1. The lowest BCUT2D eigenvalue weighted by Crippen LogP contribution is -1.80. The van der Waals surface area contributed by atoms with E-state index in [0.717, 1.165) is 24.1 Å². The van der Waals surface area contributed by atoms with Gasteiger partial charge < -0.3 is 0 Å². The van der Waals surface area contributed by atoms with Crippen molar-refractivity contribution in [1.82, 2.24) is 10.2 Å². The first-order valence-corrected chi connectivity index (χ1v) is 7.70. The topological polar surface area (TPSA) is 28.7 Å². The van der Waals surface area contributed by atoms with Crippen LogP contribution in [-0.2, 0) is 0 Å². The van der Waals surface area contributed by atoms with Crippen LogP contribution in [0.15, 0.2) is 54.1 Å². The van der Waals surface area contributed by atoms with Gasteiger partial charge in [0.1, 0.15) is 0 Å². The molecule has 0 aliphatic heterocycles. The van der Waals surface area contributed by atoms with Crippen LogP contribution in [0.25, 0.3) is 17.0 Å². The number of aromatic amines is 1. The van der Waals surface area contributed by atoms with Crippen LogP contribution in [0.4, 0.5) is 4.39 Å². The van der Waals surface area contributed by atoms with E-state index in [2.05, 4.69) is 60.5 Å². The molecule has 1 heterocycles. The average molecular weight is 302 g/mol. The van der Waals surface area contributed by atoms with Crippen molar-refractivity contribution in [2.24, 2.45) is 0 Å². The SMILES string of the molecule is C1=CC(/C=C/c2n[nH]c3ccccc23)=CCC1.CCC.CF.[HH]. The van der Waals surface area contributed by atoms with E-state index in [1.807, 2.05) is 18.2 Å². The normalized spacial score (nSPS) is 13.2. The third-order valence-corrected chi connectivity index (χ3v) is 2.96. The number of allylic oxidation sites excluding steroid dienone is 5. The van der Waals surface area contributed by atoms with Crippen molar-refractivity contribution in [1.29, 1.82) is 0 Å². The van der Waals surface area contributed by atoms with Crippen molar-refractivity contribution in [3.05, 3.63) is 59.8 Å². The van der Waals surface area contributed by atoms with Gasteiger partial charge in [-0.2, -0.15) is 5.10 Å². The molecule has 0 unspecified atom stereocenters. The zero-order chi connectivity index (χ0) is 16.2. The van der Waals surface area contributed by atoms with Gasteiger partial charge in [-0.25, -0.2) is 0 Å². The fourth-order valence-electron chi connectivity index (χ4n) is 2.04. The Morgan fingerprint density at radius 3 is 2.59 bits per heavy atom. The molecule has 0 radical (unpaired) electrons. The molecule has 3 heteroatoms. The number of alkyl halides is 1. The maximum atomic E-state index is 9.50. The van der Waals surface area contributed by atoms with E-state index >= 15 is 0 Å². The van der Waals surface area contributed by atoms with Crippen LogP contribution in [0, 0.1) is 0 Å². The van der Waals surface area contributed by atoms with E-state index in [1.54, 1.807) is 0 Å². The van der Waals surface area contributed by atoms with Gasteiger partial charge in [0.15, 0.2) is 0 Å². The number of benzene rings is 1. The van der Waals surface area contributed by atoms with Crippen LogP contribution in [0.1, 0.15) is 40.2 Å². The van der Waals surface area contributed by atoms with Gasteiger partial charge in [0.2, 0.25) is 0 Å². The summed E-state index contributed by atoms with van der Waals surface area (Å²) in [7, 11) is 0.500. The molecule has 1 aromatic carbocycles. The number of aromatic nitrogens is 2. The highest BCUT2D eigenvalue weighted by atomic mass is 19.1. The summed E-state index contributed by atoms with van der Waals surface area (Å²) in [4.78, 5) is 0. The minimum atomic E-state index is 0. The Morgan fingerprint density at radius 2 is 1.91 bits per heavy atom. The minimum Gasteiger partial charge on any atom is -0.277 e. The average Bonchev–Trinajstić information content (AvgIpc) is 3.00. The van der Waals surface area contributed by atoms with E-state index in [4.69, 9.17) is 0 Å². The summed E-state index contributed by atoms with van der Waals surface area (Å²) in [6.45, 7) is 4.25. The molecular formula is C19H27FN2. The molecule has 0 fully saturated rings. The van der Waals surface area contributed by atoms with Crippen molar-refractivity contribution in [3.8, 4) is 0 Å². The Bertz CT molecular complexity index is 642. The van der Waals surface area contributed by atoms with Crippen LogP contribution >= 0.6 is 0 Å². The fraction of sp³-hybridized carbons (Fsp3) is 0.316. The number of hydrogen-bond donors (Lipinski definition) is 1. The Balaban J connectivity index is 0.000000729. The van der Waals surface area contributed by atoms with Gasteiger partial charge in [-0.15, -0.1) is 0 Å². The smallest absolute Gasteiger partial charge is 0.0927 e. The Labute approximate surface area is 133 Å². The number of nitrogens with zero attached hydrogens (tertiary/aromatic N) is 1. The molecule has 120 valence electrons. The first-order chi connectivity index (χ1) is 10.8. The predicted molar refractivity (Wildman–Crippen MR) is 96.7 cm³/mol. The molecule has 0 saturated carbocycles. The van der Waals surface area contributed by atoms with Gasteiger partial charge in [0.25, 0.3) is 0 Å². The summed E-state index contributed by atoms with van der Waals surface area (Å²) in [6, 6.07) is 8.18. The predicted octanol–water partition coefficient (Wildman–Crippen LogP) is 6.10. The van der Waals surface area contributed by atoms with Crippen LogP contribution in [0.2, 0.25) is 0 Å². The molecule has 0 atom stereocenters. The highest BCUT2D eigenvalue weighted by molar-refractivity contribution is 5.86. The first kappa shape index (κ1) is 17.9. The van der Waals surface area contributed by atoms with Gasteiger partial charge >= 0.3 is 0 Å². The van der Waals surface area contributed by atoms with Gasteiger partial charge in [0, 0.05) is 6.81 Å². The Kier molecular flexibility index (Phi) is 8.58. The molecular weight excluding hydrogens is 275 g/mol. The van der Waals surface area contributed by atoms with Crippen LogP contribution in [-0.4, -0.2) is 17.4 Å². The largest absolute Gasteiger partial charge is 0.277 e. The quantitative estimate of drug-likeness (QED) is 0.713. The number of fused-ring (bicyclic) bond motifs is 1. The molecule has 1 aliphatic carbocycles. The minimum absolute atomic E-state index is 0. The Morgan fingerprint density at radius 1 is 1.18 bits per heavy atom. The maximum absolute atomic E-state index is 9.50. The highest BCUT2D eigenvalue weighted by Gasteiger charge is 2.00. The van der Waals surface area contributed by atoms with Gasteiger partial charge in [-0.1, -0.05) is 62.8 Å². The summed E-state index contributed by atoms with van der Waals surface area (Å²) in [6.07, 6.45) is 14.4. The molecule has 3 rings (SSSR count). The van der Waals surface area contributed by atoms with Gasteiger partial charge in [-0.05, 0) is 30.6 Å². The molecule has 0 amide bonds. The van der Waals surface area contributed by atoms with Crippen molar-refractivity contribution in [3.63, 3.8) is 0 Å².